The molecule has 0 amide bonds. The molecule has 0 aliphatic heterocycles. The molecule has 1 aromatic heterocycles. The van der Waals surface area contributed by atoms with E-state index in [1.54, 1.807) is 7.11 Å². The van der Waals surface area contributed by atoms with Crippen LogP contribution in [0.4, 0.5) is 0 Å². The van der Waals surface area contributed by atoms with Crippen LogP contribution in [0.5, 0.6) is 0 Å². The predicted octanol–water partition coefficient (Wildman–Crippen LogP) is 3.35. The molecule has 18 heavy (non-hydrogen) atoms. The maximum absolute atomic E-state index is 5.92. The number of methoxy groups -OCH3 is 1. The van der Waals surface area contributed by atoms with Gasteiger partial charge in [-0.05, 0) is 12.8 Å². The zero-order valence-corrected chi connectivity index (χ0v) is 12.4. The van der Waals surface area contributed by atoms with Gasteiger partial charge in [0.2, 0.25) is 0 Å². The molecule has 0 aromatic carbocycles. The highest BCUT2D eigenvalue weighted by molar-refractivity contribution is 6.16. The Balaban J connectivity index is 2.92. The van der Waals surface area contributed by atoms with Crippen LogP contribution in [-0.4, -0.2) is 28.5 Å². The van der Waals surface area contributed by atoms with E-state index in [4.69, 9.17) is 16.3 Å². The van der Waals surface area contributed by atoms with E-state index in [-0.39, 0.29) is 0 Å². The van der Waals surface area contributed by atoms with Gasteiger partial charge in [0, 0.05) is 19.6 Å². The molecule has 0 spiro atoms. The molecule has 0 aliphatic rings. The molecule has 1 heterocycles. The van der Waals surface area contributed by atoms with E-state index in [2.05, 4.69) is 28.6 Å². The van der Waals surface area contributed by atoms with E-state index in [9.17, 15) is 0 Å². The van der Waals surface area contributed by atoms with Gasteiger partial charge in [-0.2, -0.15) is 0 Å². The van der Waals surface area contributed by atoms with E-state index in [0.717, 1.165) is 43.9 Å². The number of nitrogens with zero attached hydrogens (tertiary/aromatic N) is 3. The molecule has 0 aliphatic carbocycles. The topological polar surface area (TPSA) is 39.9 Å². The molecule has 1 aromatic rings. The minimum atomic E-state index is 0.404. The molecule has 1 rings (SSSR count). The third-order valence-corrected chi connectivity index (χ3v) is 3.37. The van der Waals surface area contributed by atoms with Crippen LogP contribution in [-0.2, 0) is 17.2 Å². The lowest BCUT2D eigenvalue weighted by atomic mass is 9.97. The average molecular weight is 274 g/mol. The summed E-state index contributed by atoms with van der Waals surface area (Å²) in [4.78, 5) is 0. The summed E-state index contributed by atoms with van der Waals surface area (Å²) in [6.45, 7) is 5.87. The molecule has 0 saturated carbocycles. The zero-order chi connectivity index (χ0) is 13.4. The predicted molar refractivity (Wildman–Crippen MR) is 74.0 cm³/mol. The second-order valence-corrected chi connectivity index (χ2v) is 4.79. The molecule has 0 unspecified atom stereocenters. The molecule has 0 fully saturated rings. The number of aromatic nitrogens is 3. The van der Waals surface area contributed by atoms with Gasteiger partial charge in [0.15, 0.2) is 0 Å². The van der Waals surface area contributed by atoms with Crippen LogP contribution >= 0.6 is 11.6 Å². The SMILES string of the molecule is CCCC(CCC)c1nnc(CCl)n1CCOC. The van der Waals surface area contributed by atoms with Gasteiger partial charge in [-0.3, -0.25) is 0 Å². The Hall–Kier alpha value is -0.610. The van der Waals surface area contributed by atoms with Crippen LogP contribution in [0.3, 0.4) is 0 Å². The molecular formula is C13H24ClN3O. The monoisotopic (exact) mass is 273 g/mol. The van der Waals surface area contributed by atoms with Gasteiger partial charge >= 0.3 is 0 Å². The van der Waals surface area contributed by atoms with E-state index >= 15 is 0 Å². The maximum Gasteiger partial charge on any atom is 0.148 e. The molecule has 0 atom stereocenters. The number of halogens is 1. The van der Waals surface area contributed by atoms with Crippen LogP contribution in [0.15, 0.2) is 0 Å². The van der Waals surface area contributed by atoms with E-state index in [0.29, 0.717) is 18.4 Å². The molecule has 0 N–H and O–H groups in total. The van der Waals surface area contributed by atoms with Crippen LogP contribution in [0.2, 0.25) is 0 Å². The molecule has 0 radical (unpaired) electrons. The highest BCUT2D eigenvalue weighted by Crippen LogP contribution is 2.25. The van der Waals surface area contributed by atoms with Crippen molar-refractivity contribution in [2.75, 3.05) is 13.7 Å². The molecule has 104 valence electrons. The van der Waals surface area contributed by atoms with Crippen molar-refractivity contribution in [3.63, 3.8) is 0 Å². The van der Waals surface area contributed by atoms with Gasteiger partial charge in [0.05, 0.1) is 12.5 Å². The fourth-order valence-electron chi connectivity index (χ4n) is 2.28. The summed E-state index contributed by atoms with van der Waals surface area (Å²) in [5.74, 6) is 2.82. The number of hydrogen-bond donors (Lipinski definition) is 0. The standard InChI is InChI=1S/C13H24ClN3O/c1-4-6-11(7-5-2)13-16-15-12(10-14)17(13)8-9-18-3/h11H,4-10H2,1-3H3. The number of hydrogen-bond acceptors (Lipinski definition) is 3. The molecule has 0 saturated heterocycles. The highest BCUT2D eigenvalue weighted by atomic mass is 35.5. The quantitative estimate of drug-likeness (QED) is 0.648. The normalized spacial score (nSPS) is 11.4. The van der Waals surface area contributed by atoms with E-state index < -0.39 is 0 Å². The van der Waals surface area contributed by atoms with Gasteiger partial charge in [-0.1, -0.05) is 26.7 Å². The molecule has 5 heteroatoms. The summed E-state index contributed by atoms with van der Waals surface area (Å²) in [6, 6.07) is 0. The van der Waals surface area contributed by atoms with Crippen molar-refractivity contribution >= 4 is 11.6 Å². The number of ether oxygens (including phenoxy) is 1. The second kappa shape index (κ2) is 8.48. The second-order valence-electron chi connectivity index (χ2n) is 4.53. The lowest BCUT2D eigenvalue weighted by Crippen LogP contribution is -2.14. The Kier molecular flexibility index (Phi) is 7.28. The van der Waals surface area contributed by atoms with Gasteiger partial charge in [-0.15, -0.1) is 21.8 Å². The smallest absolute Gasteiger partial charge is 0.148 e. The third-order valence-electron chi connectivity index (χ3n) is 3.13. The third kappa shape index (κ3) is 3.95. The molecular weight excluding hydrogens is 250 g/mol. The first kappa shape index (κ1) is 15.4. The summed E-state index contributed by atoms with van der Waals surface area (Å²) >= 11 is 5.92. The first-order chi connectivity index (χ1) is 8.78. The Morgan fingerprint density at radius 3 is 2.39 bits per heavy atom. The van der Waals surface area contributed by atoms with Crippen LogP contribution < -0.4 is 0 Å². The van der Waals surface area contributed by atoms with Gasteiger partial charge in [0.25, 0.3) is 0 Å². The Labute approximate surface area is 115 Å². The first-order valence-corrected chi connectivity index (χ1v) is 7.28. The van der Waals surface area contributed by atoms with Crippen molar-refractivity contribution < 1.29 is 4.74 Å². The summed E-state index contributed by atoms with van der Waals surface area (Å²) in [7, 11) is 1.71. The van der Waals surface area contributed by atoms with Crippen molar-refractivity contribution in [1.29, 1.82) is 0 Å². The summed E-state index contributed by atoms with van der Waals surface area (Å²) in [5, 5.41) is 8.55. The zero-order valence-electron chi connectivity index (χ0n) is 11.7. The van der Waals surface area contributed by atoms with Crippen LogP contribution in [0.25, 0.3) is 0 Å². The maximum atomic E-state index is 5.92. The van der Waals surface area contributed by atoms with Crippen molar-refractivity contribution in [2.24, 2.45) is 0 Å². The number of alkyl halides is 1. The van der Waals surface area contributed by atoms with E-state index in [1.165, 1.54) is 0 Å². The van der Waals surface area contributed by atoms with Gasteiger partial charge in [0.1, 0.15) is 11.6 Å². The molecule has 0 bridgehead atoms. The Morgan fingerprint density at radius 1 is 1.22 bits per heavy atom. The Morgan fingerprint density at radius 2 is 1.89 bits per heavy atom. The number of rotatable bonds is 9. The lowest BCUT2D eigenvalue weighted by Gasteiger charge is -2.16. The van der Waals surface area contributed by atoms with E-state index in [1.807, 2.05) is 0 Å². The summed E-state index contributed by atoms with van der Waals surface area (Å²) < 4.78 is 7.28. The minimum Gasteiger partial charge on any atom is -0.383 e. The largest absolute Gasteiger partial charge is 0.383 e. The fourth-order valence-corrected chi connectivity index (χ4v) is 2.47. The van der Waals surface area contributed by atoms with Crippen LogP contribution in [0.1, 0.15) is 57.1 Å². The summed E-state index contributed by atoms with van der Waals surface area (Å²) in [6.07, 6.45) is 4.64. The van der Waals surface area contributed by atoms with Gasteiger partial charge < -0.3 is 9.30 Å². The van der Waals surface area contributed by atoms with Crippen molar-refractivity contribution in [2.45, 2.75) is 57.9 Å². The Bertz CT molecular complexity index is 335. The average Bonchev–Trinajstić information content (AvgIpc) is 2.78. The summed E-state index contributed by atoms with van der Waals surface area (Å²) in [5.41, 5.74) is 0. The fraction of sp³-hybridized carbons (Fsp3) is 0.846. The lowest BCUT2D eigenvalue weighted by molar-refractivity contribution is 0.185. The minimum absolute atomic E-state index is 0.404. The van der Waals surface area contributed by atoms with Crippen molar-refractivity contribution in [3.05, 3.63) is 11.6 Å². The van der Waals surface area contributed by atoms with Crippen molar-refractivity contribution in [3.8, 4) is 0 Å². The van der Waals surface area contributed by atoms with Crippen molar-refractivity contribution in [1.82, 2.24) is 14.8 Å². The molecule has 4 nitrogen and oxygen atoms in total. The first-order valence-electron chi connectivity index (χ1n) is 6.75. The van der Waals surface area contributed by atoms with Gasteiger partial charge in [-0.25, -0.2) is 0 Å². The highest BCUT2D eigenvalue weighted by Gasteiger charge is 2.19. The van der Waals surface area contributed by atoms with Crippen LogP contribution in [0, 0.1) is 0 Å².